The van der Waals surface area contributed by atoms with E-state index in [1.807, 2.05) is 30.0 Å². The third-order valence-electron chi connectivity index (χ3n) is 5.62. The minimum absolute atomic E-state index is 0.00718. The van der Waals surface area contributed by atoms with Crippen molar-refractivity contribution < 1.29 is 19.0 Å². The van der Waals surface area contributed by atoms with E-state index in [4.69, 9.17) is 14.2 Å². The maximum Gasteiger partial charge on any atom is 0.263 e. The van der Waals surface area contributed by atoms with Crippen LogP contribution in [0.3, 0.4) is 0 Å². The van der Waals surface area contributed by atoms with Crippen LogP contribution in [0.25, 0.3) is 11.0 Å². The van der Waals surface area contributed by atoms with Gasteiger partial charge in [0.2, 0.25) is 6.79 Å². The van der Waals surface area contributed by atoms with Crippen molar-refractivity contribution in [2.45, 2.75) is 32.4 Å². The molecule has 2 aliphatic heterocycles. The first-order valence-electron chi connectivity index (χ1n) is 9.89. The van der Waals surface area contributed by atoms with Gasteiger partial charge in [0, 0.05) is 19.2 Å². The summed E-state index contributed by atoms with van der Waals surface area (Å²) in [6, 6.07) is 13.7. The lowest BCUT2D eigenvalue weighted by Crippen LogP contribution is -2.39. The molecule has 3 aromatic rings. The number of aryl methyl sites for hydroxylation is 1. The Hall–Kier alpha value is -3.22. The van der Waals surface area contributed by atoms with Crippen LogP contribution >= 0.6 is 0 Å². The highest BCUT2D eigenvalue weighted by Gasteiger charge is 2.32. The molecule has 0 aliphatic carbocycles. The molecule has 2 aliphatic rings. The summed E-state index contributed by atoms with van der Waals surface area (Å²) in [5.41, 5.74) is 2.11. The van der Waals surface area contributed by atoms with Crippen molar-refractivity contribution in [2.24, 2.45) is 0 Å². The maximum absolute atomic E-state index is 13.0. The third kappa shape index (κ3) is 3.16. The maximum atomic E-state index is 13.0. The Morgan fingerprint density at radius 1 is 1.21 bits per heavy atom. The number of benzene rings is 2. The zero-order valence-corrected chi connectivity index (χ0v) is 16.5. The van der Waals surface area contributed by atoms with E-state index in [1.165, 1.54) is 0 Å². The second-order valence-corrected chi connectivity index (χ2v) is 7.52. The molecule has 1 aromatic heterocycles. The summed E-state index contributed by atoms with van der Waals surface area (Å²) >= 11 is 0. The van der Waals surface area contributed by atoms with Gasteiger partial charge in [0.05, 0.1) is 17.1 Å². The number of nitrogens with zero attached hydrogens (tertiary/aromatic N) is 3. The van der Waals surface area contributed by atoms with Crippen molar-refractivity contribution in [3.63, 3.8) is 0 Å². The Bertz CT molecular complexity index is 1080. The van der Waals surface area contributed by atoms with Gasteiger partial charge in [0.1, 0.15) is 11.6 Å². The average molecular weight is 393 g/mol. The van der Waals surface area contributed by atoms with Crippen molar-refractivity contribution in [3.05, 3.63) is 48.3 Å². The lowest BCUT2D eigenvalue weighted by Gasteiger charge is -2.22. The number of hydrogen-bond acceptors (Lipinski definition) is 5. The minimum Gasteiger partial charge on any atom is -0.481 e. The van der Waals surface area contributed by atoms with Crippen LogP contribution in [0, 0.1) is 6.92 Å². The highest BCUT2D eigenvalue weighted by molar-refractivity contribution is 5.81. The zero-order chi connectivity index (χ0) is 20.0. The first kappa shape index (κ1) is 17.8. The van der Waals surface area contributed by atoms with E-state index in [1.54, 1.807) is 25.1 Å². The second-order valence-electron chi connectivity index (χ2n) is 7.52. The van der Waals surface area contributed by atoms with Crippen LogP contribution < -0.4 is 14.2 Å². The van der Waals surface area contributed by atoms with E-state index in [-0.39, 0.29) is 18.7 Å². The number of imidazole rings is 1. The molecule has 7 heteroatoms. The van der Waals surface area contributed by atoms with E-state index >= 15 is 0 Å². The lowest BCUT2D eigenvalue weighted by atomic mass is 10.2. The Morgan fingerprint density at radius 2 is 2.03 bits per heavy atom. The Morgan fingerprint density at radius 3 is 2.93 bits per heavy atom. The molecule has 150 valence electrons. The van der Waals surface area contributed by atoms with Gasteiger partial charge in [-0.15, -0.1) is 0 Å². The number of carbonyl (C=O) groups is 1. The lowest BCUT2D eigenvalue weighted by molar-refractivity contribution is -0.136. The van der Waals surface area contributed by atoms with Gasteiger partial charge in [-0.3, -0.25) is 4.79 Å². The van der Waals surface area contributed by atoms with Crippen LogP contribution in [0.15, 0.2) is 42.5 Å². The number of ether oxygens (including phenoxy) is 3. The molecule has 3 heterocycles. The van der Waals surface area contributed by atoms with Gasteiger partial charge < -0.3 is 23.7 Å². The molecule has 0 radical (unpaired) electrons. The Kier molecular flexibility index (Phi) is 4.30. The smallest absolute Gasteiger partial charge is 0.263 e. The second kappa shape index (κ2) is 6.99. The topological polar surface area (TPSA) is 65.8 Å². The largest absolute Gasteiger partial charge is 0.481 e. The fourth-order valence-corrected chi connectivity index (χ4v) is 4.24. The number of likely N-dealkylation sites (tertiary alicyclic amines) is 1. The zero-order valence-electron chi connectivity index (χ0n) is 16.5. The molecule has 0 bridgehead atoms. The molecule has 2 aromatic carbocycles. The molecule has 7 nitrogen and oxygen atoms in total. The highest BCUT2D eigenvalue weighted by atomic mass is 16.7. The Labute approximate surface area is 168 Å². The monoisotopic (exact) mass is 393 g/mol. The first-order valence-corrected chi connectivity index (χ1v) is 9.89. The minimum atomic E-state index is -0.574. The van der Waals surface area contributed by atoms with Crippen LogP contribution in [0.4, 0.5) is 0 Å². The molecule has 1 amide bonds. The van der Waals surface area contributed by atoms with Gasteiger partial charge >= 0.3 is 0 Å². The van der Waals surface area contributed by atoms with Crippen LogP contribution in [0.2, 0.25) is 0 Å². The van der Waals surface area contributed by atoms with Crippen LogP contribution in [0.1, 0.15) is 25.2 Å². The summed E-state index contributed by atoms with van der Waals surface area (Å²) in [6.45, 7) is 5.40. The molecular formula is C22H23N3O4. The number of rotatable bonds is 4. The molecule has 0 N–H and O–H groups in total. The number of para-hydroxylation sites is 2. The third-order valence-corrected chi connectivity index (χ3v) is 5.62. The number of fused-ring (bicyclic) bond motifs is 2. The number of carbonyl (C=O) groups excluding carboxylic acids is 1. The van der Waals surface area contributed by atoms with Gasteiger partial charge in [-0.05, 0) is 44.5 Å². The summed E-state index contributed by atoms with van der Waals surface area (Å²) in [6.07, 6.45) is 0.332. The normalized spacial score (nSPS) is 19.0. The van der Waals surface area contributed by atoms with E-state index in [2.05, 4.69) is 15.6 Å². The van der Waals surface area contributed by atoms with Gasteiger partial charge in [0.15, 0.2) is 17.6 Å². The van der Waals surface area contributed by atoms with Crippen molar-refractivity contribution in [1.29, 1.82) is 0 Å². The Balaban J connectivity index is 1.28. The van der Waals surface area contributed by atoms with Crippen LogP contribution in [-0.2, 0) is 4.79 Å². The van der Waals surface area contributed by atoms with E-state index < -0.39 is 6.10 Å². The van der Waals surface area contributed by atoms with Crippen LogP contribution in [0.5, 0.6) is 17.2 Å². The van der Waals surface area contributed by atoms with Gasteiger partial charge in [-0.2, -0.15) is 0 Å². The van der Waals surface area contributed by atoms with E-state index in [9.17, 15) is 4.79 Å². The van der Waals surface area contributed by atoms with Crippen molar-refractivity contribution in [2.75, 3.05) is 19.9 Å². The molecule has 5 rings (SSSR count). The molecule has 0 unspecified atom stereocenters. The molecule has 29 heavy (non-hydrogen) atoms. The van der Waals surface area contributed by atoms with Gasteiger partial charge in [-0.1, -0.05) is 12.1 Å². The quantitative estimate of drug-likeness (QED) is 0.680. The summed E-state index contributed by atoms with van der Waals surface area (Å²) in [5.74, 6) is 2.91. The number of hydrogen-bond donors (Lipinski definition) is 0. The molecule has 1 fully saturated rings. The van der Waals surface area contributed by atoms with E-state index in [0.29, 0.717) is 30.3 Å². The average Bonchev–Trinajstić information content (AvgIpc) is 3.44. The SMILES string of the molecule is Cc1nc2ccccc2n1[C@H]1CCN(C(=O)[C@@H](C)Oc2ccc3c(c2)OCO3)C1. The van der Waals surface area contributed by atoms with Crippen LogP contribution in [-0.4, -0.2) is 46.3 Å². The number of aromatic nitrogens is 2. The highest BCUT2D eigenvalue weighted by Crippen LogP contribution is 2.35. The fourth-order valence-electron chi connectivity index (χ4n) is 4.24. The van der Waals surface area contributed by atoms with Gasteiger partial charge in [-0.25, -0.2) is 4.98 Å². The van der Waals surface area contributed by atoms with Gasteiger partial charge in [0.25, 0.3) is 5.91 Å². The summed E-state index contributed by atoms with van der Waals surface area (Å²) in [5, 5.41) is 0. The molecule has 2 atom stereocenters. The van der Waals surface area contributed by atoms with Crippen molar-refractivity contribution in [3.8, 4) is 17.2 Å². The van der Waals surface area contributed by atoms with E-state index in [0.717, 1.165) is 23.3 Å². The summed E-state index contributed by atoms with van der Waals surface area (Å²) < 4.78 is 18.8. The first-order chi connectivity index (χ1) is 14.1. The molecular weight excluding hydrogens is 370 g/mol. The van der Waals surface area contributed by atoms with Crippen molar-refractivity contribution in [1.82, 2.24) is 14.5 Å². The predicted molar refractivity (Wildman–Crippen MR) is 107 cm³/mol. The fraction of sp³-hybridized carbons (Fsp3) is 0.364. The summed E-state index contributed by atoms with van der Waals surface area (Å²) in [7, 11) is 0. The predicted octanol–water partition coefficient (Wildman–Crippen LogP) is 3.31. The molecule has 1 saturated heterocycles. The number of amides is 1. The molecule has 0 spiro atoms. The molecule has 0 saturated carbocycles. The summed E-state index contributed by atoms with van der Waals surface area (Å²) in [4.78, 5) is 19.5. The standard InChI is InChI=1S/C22H23N3O4/c1-14(29-17-7-8-20-21(11-17)28-13-27-20)22(26)24-10-9-16(12-24)25-15(2)23-18-5-3-4-6-19(18)25/h3-8,11,14,16H,9-10,12-13H2,1-2H3/t14-,16+/m1/s1. The van der Waals surface area contributed by atoms with Crippen molar-refractivity contribution >= 4 is 16.9 Å².